The molecule has 0 radical (unpaired) electrons. The molecule has 2 rings (SSSR count). The molecule has 1 fully saturated rings. The van der Waals surface area contributed by atoms with E-state index in [9.17, 15) is 9.59 Å². The topological polar surface area (TPSA) is 84.7 Å². The smallest absolute Gasteiger partial charge is 0.247 e. The van der Waals surface area contributed by atoms with Gasteiger partial charge in [0, 0.05) is 13.0 Å². The maximum atomic E-state index is 12.6. The van der Waals surface area contributed by atoms with Crippen LogP contribution < -0.4 is 15.8 Å². The number of methoxy groups -OCH3 is 1. The van der Waals surface area contributed by atoms with Gasteiger partial charge >= 0.3 is 0 Å². The lowest BCUT2D eigenvalue weighted by Gasteiger charge is -2.24. The first-order chi connectivity index (χ1) is 11.1. The first-order valence-electron chi connectivity index (χ1n) is 8.02. The van der Waals surface area contributed by atoms with Crippen molar-refractivity contribution in [2.75, 3.05) is 25.5 Å². The predicted molar refractivity (Wildman–Crippen MR) is 96.6 cm³/mol. The third-order valence-corrected chi connectivity index (χ3v) is 4.08. The molecule has 1 aromatic rings. The van der Waals surface area contributed by atoms with E-state index in [1.165, 1.54) is 0 Å². The first-order valence-corrected chi connectivity index (χ1v) is 8.02. The van der Waals surface area contributed by atoms with Crippen LogP contribution >= 0.6 is 12.4 Å². The Bertz CT molecular complexity index is 580. The zero-order chi connectivity index (χ0) is 16.8. The number of benzene rings is 1. The lowest BCUT2D eigenvalue weighted by atomic mass is 10.1. The van der Waals surface area contributed by atoms with Gasteiger partial charge in [0.05, 0.1) is 12.8 Å². The zero-order valence-electron chi connectivity index (χ0n) is 14.2. The molecule has 0 spiro atoms. The fourth-order valence-corrected chi connectivity index (χ4v) is 2.87. The number of nitrogens with two attached hydrogens (primary N) is 1. The van der Waals surface area contributed by atoms with Crippen LogP contribution in [0.15, 0.2) is 18.2 Å². The Balaban J connectivity index is 0.00000288. The molecule has 3 N–H and O–H groups in total. The van der Waals surface area contributed by atoms with E-state index in [1.807, 2.05) is 25.1 Å². The van der Waals surface area contributed by atoms with Crippen molar-refractivity contribution in [2.45, 2.75) is 38.6 Å². The zero-order valence-corrected chi connectivity index (χ0v) is 15.0. The van der Waals surface area contributed by atoms with Crippen LogP contribution in [0.5, 0.6) is 5.75 Å². The Morgan fingerprint density at radius 1 is 1.42 bits per heavy atom. The summed E-state index contributed by atoms with van der Waals surface area (Å²) in [4.78, 5) is 26.5. The quantitative estimate of drug-likeness (QED) is 0.818. The number of hydrogen-bond donors (Lipinski definition) is 2. The van der Waals surface area contributed by atoms with Gasteiger partial charge in [0.2, 0.25) is 11.8 Å². The van der Waals surface area contributed by atoms with E-state index >= 15 is 0 Å². The van der Waals surface area contributed by atoms with Crippen LogP contribution in [0.3, 0.4) is 0 Å². The van der Waals surface area contributed by atoms with Crippen LogP contribution in [0.1, 0.15) is 31.2 Å². The number of carbonyl (C=O) groups is 2. The number of aryl methyl sites for hydroxylation is 1. The number of hydrogen-bond acceptors (Lipinski definition) is 4. The standard InChI is InChI=1S/C17H25N3O3.ClH/c1-12-7-8-15(23-2)13(11-12)19-17(22)14-5-4-10-20(14)16(21)6-3-9-18;/h7-8,11,14H,3-6,9-10,18H2,1-2H3,(H,19,22);1H. The van der Waals surface area contributed by atoms with E-state index in [1.54, 1.807) is 12.0 Å². The third kappa shape index (κ3) is 4.85. The Labute approximate surface area is 149 Å². The SMILES string of the molecule is COc1ccc(C)cc1NC(=O)C1CCCN1C(=O)CCCN.Cl. The molecule has 1 unspecified atom stereocenters. The van der Waals surface area contributed by atoms with Crippen molar-refractivity contribution in [2.24, 2.45) is 5.73 Å². The highest BCUT2D eigenvalue weighted by atomic mass is 35.5. The predicted octanol–water partition coefficient (Wildman–Crippen LogP) is 2.09. The third-order valence-electron chi connectivity index (χ3n) is 4.08. The average molecular weight is 356 g/mol. The molecule has 134 valence electrons. The van der Waals surface area contributed by atoms with Crippen LogP contribution in [0.2, 0.25) is 0 Å². The van der Waals surface area contributed by atoms with Crippen molar-refractivity contribution in [1.82, 2.24) is 4.90 Å². The highest BCUT2D eigenvalue weighted by molar-refractivity contribution is 5.98. The second kappa shape index (κ2) is 9.49. The van der Waals surface area contributed by atoms with Crippen LogP contribution in [-0.4, -0.2) is 43.0 Å². The van der Waals surface area contributed by atoms with Gasteiger partial charge in [0.15, 0.2) is 0 Å². The lowest BCUT2D eigenvalue weighted by molar-refractivity contribution is -0.136. The summed E-state index contributed by atoms with van der Waals surface area (Å²) in [6.07, 6.45) is 2.58. The molecule has 0 saturated carbocycles. The first kappa shape index (κ1) is 20.3. The molecular weight excluding hydrogens is 330 g/mol. The largest absolute Gasteiger partial charge is 0.495 e. The van der Waals surface area contributed by atoms with Crippen LogP contribution in [0, 0.1) is 6.92 Å². The average Bonchev–Trinajstić information content (AvgIpc) is 3.02. The fraction of sp³-hybridized carbons (Fsp3) is 0.529. The van der Waals surface area contributed by atoms with E-state index in [0.717, 1.165) is 12.0 Å². The van der Waals surface area contributed by atoms with Gasteiger partial charge in [-0.05, 0) is 50.4 Å². The van der Waals surface area contributed by atoms with E-state index in [4.69, 9.17) is 10.5 Å². The molecule has 0 bridgehead atoms. The monoisotopic (exact) mass is 355 g/mol. The van der Waals surface area contributed by atoms with Gasteiger partial charge in [-0.15, -0.1) is 12.4 Å². The molecule has 1 aliphatic heterocycles. The van der Waals surface area contributed by atoms with Gasteiger partial charge in [0.25, 0.3) is 0 Å². The van der Waals surface area contributed by atoms with Gasteiger partial charge in [-0.25, -0.2) is 0 Å². The molecule has 1 heterocycles. The molecule has 1 atom stereocenters. The van der Waals surface area contributed by atoms with Crippen LogP contribution in [0.25, 0.3) is 0 Å². The summed E-state index contributed by atoms with van der Waals surface area (Å²) in [6, 6.07) is 5.20. The summed E-state index contributed by atoms with van der Waals surface area (Å²) < 4.78 is 5.28. The van der Waals surface area contributed by atoms with Crippen molar-refractivity contribution in [1.29, 1.82) is 0 Å². The Hall–Kier alpha value is -1.79. The van der Waals surface area contributed by atoms with Gasteiger partial charge in [-0.1, -0.05) is 6.07 Å². The highest BCUT2D eigenvalue weighted by Gasteiger charge is 2.33. The number of rotatable bonds is 6. The Morgan fingerprint density at radius 3 is 2.83 bits per heavy atom. The molecular formula is C17H26ClN3O3. The van der Waals surface area contributed by atoms with Crippen LogP contribution in [0.4, 0.5) is 5.69 Å². The van der Waals surface area contributed by atoms with E-state index < -0.39 is 6.04 Å². The van der Waals surface area contributed by atoms with Gasteiger partial charge in [-0.2, -0.15) is 0 Å². The van der Waals surface area contributed by atoms with E-state index in [2.05, 4.69) is 5.32 Å². The summed E-state index contributed by atoms with van der Waals surface area (Å²) in [7, 11) is 1.57. The Morgan fingerprint density at radius 2 is 2.17 bits per heavy atom. The molecule has 2 amide bonds. The number of nitrogens with one attached hydrogen (secondary N) is 1. The number of nitrogens with zero attached hydrogens (tertiary/aromatic N) is 1. The van der Waals surface area contributed by atoms with Crippen molar-refractivity contribution < 1.29 is 14.3 Å². The van der Waals surface area contributed by atoms with Crippen molar-refractivity contribution >= 4 is 29.9 Å². The van der Waals surface area contributed by atoms with Gasteiger partial charge < -0.3 is 20.7 Å². The number of likely N-dealkylation sites (tertiary alicyclic amines) is 1. The minimum atomic E-state index is -0.412. The summed E-state index contributed by atoms with van der Waals surface area (Å²) in [5, 5.41) is 2.90. The minimum absolute atomic E-state index is 0. The van der Waals surface area contributed by atoms with Gasteiger partial charge in [0.1, 0.15) is 11.8 Å². The normalized spacial score (nSPS) is 16.5. The van der Waals surface area contributed by atoms with E-state index in [-0.39, 0.29) is 24.2 Å². The molecule has 6 nitrogen and oxygen atoms in total. The number of halogens is 1. The maximum Gasteiger partial charge on any atom is 0.247 e. The second-order valence-electron chi connectivity index (χ2n) is 5.83. The summed E-state index contributed by atoms with van der Waals surface area (Å²) in [5.41, 5.74) is 7.12. The molecule has 1 aromatic carbocycles. The second-order valence-corrected chi connectivity index (χ2v) is 5.83. The number of amides is 2. The number of carbonyl (C=O) groups excluding carboxylic acids is 2. The van der Waals surface area contributed by atoms with Crippen LogP contribution in [-0.2, 0) is 9.59 Å². The molecule has 24 heavy (non-hydrogen) atoms. The Kier molecular flexibility index (Phi) is 8.01. The minimum Gasteiger partial charge on any atom is -0.495 e. The molecule has 1 saturated heterocycles. The maximum absolute atomic E-state index is 12.6. The summed E-state index contributed by atoms with van der Waals surface area (Å²) in [5.74, 6) is 0.458. The number of ether oxygens (including phenoxy) is 1. The number of anilines is 1. The fourth-order valence-electron chi connectivity index (χ4n) is 2.87. The van der Waals surface area contributed by atoms with E-state index in [0.29, 0.717) is 43.8 Å². The molecule has 7 heteroatoms. The van der Waals surface area contributed by atoms with Crippen molar-refractivity contribution in [3.05, 3.63) is 23.8 Å². The highest BCUT2D eigenvalue weighted by Crippen LogP contribution is 2.27. The summed E-state index contributed by atoms with van der Waals surface area (Å²) in [6.45, 7) is 3.07. The molecule has 0 aromatic heterocycles. The van der Waals surface area contributed by atoms with Gasteiger partial charge in [-0.3, -0.25) is 9.59 Å². The van der Waals surface area contributed by atoms with Crippen molar-refractivity contribution in [3.63, 3.8) is 0 Å². The lowest BCUT2D eigenvalue weighted by Crippen LogP contribution is -2.43. The van der Waals surface area contributed by atoms with Crippen molar-refractivity contribution in [3.8, 4) is 5.75 Å². The summed E-state index contributed by atoms with van der Waals surface area (Å²) >= 11 is 0. The molecule has 1 aliphatic rings. The molecule has 0 aliphatic carbocycles.